The Balaban J connectivity index is 2.92. The summed E-state index contributed by atoms with van der Waals surface area (Å²) < 4.78 is 0. The fourth-order valence-corrected chi connectivity index (χ4v) is 1.44. The third kappa shape index (κ3) is 4.31. The summed E-state index contributed by atoms with van der Waals surface area (Å²) in [6.07, 6.45) is 10.7. The summed E-state index contributed by atoms with van der Waals surface area (Å²) in [6.45, 7) is 6.41. The maximum atomic E-state index is 2.20. The summed E-state index contributed by atoms with van der Waals surface area (Å²) in [6, 6.07) is 10.4. The van der Waals surface area contributed by atoms with Crippen molar-refractivity contribution < 1.29 is 0 Å². The van der Waals surface area contributed by atoms with Crippen LogP contribution in [0, 0.1) is 5.92 Å². The van der Waals surface area contributed by atoms with Crippen molar-refractivity contribution in [1.82, 2.24) is 0 Å². The van der Waals surface area contributed by atoms with Crippen molar-refractivity contribution in [3.63, 3.8) is 0 Å². The van der Waals surface area contributed by atoms with Gasteiger partial charge in [-0.05, 0) is 24.0 Å². The molecular weight excluding hydrogens is 192 g/mol. The monoisotopic (exact) mass is 212 g/mol. The summed E-state index contributed by atoms with van der Waals surface area (Å²) in [5.41, 5.74) is 2.51. The van der Waals surface area contributed by atoms with E-state index in [0.717, 1.165) is 0 Å². The Morgan fingerprint density at radius 1 is 1.12 bits per heavy atom. The summed E-state index contributed by atoms with van der Waals surface area (Å²) >= 11 is 0. The maximum Gasteiger partial charge on any atom is -0.0184 e. The van der Waals surface area contributed by atoms with Crippen LogP contribution in [0.3, 0.4) is 0 Å². The zero-order valence-electron chi connectivity index (χ0n) is 10.4. The average Bonchev–Trinajstić information content (AvgIpc) is 2.29. The summed E-state index contributed by atoms with van der Waals surface area (Å²) in [5.74, 6) is 0.596. The molecule has 0 saturated heterocycles. The van der Waals surface area contributed by atoms with Gasteiger partial charge in [0.25, 0.3) is 0 Å². The molecule has 0 heteroatoms. The molecular formula is C16H20. The lowest BCUT2D eigenvalue weighted by Crippen LogP contribution is -1.80. The first-order chi connectivity index (χ1) is 7.74. The Bertz CT molecular complexity index is 378. The van der Waals surface area contributed by atoms with E-state index in [1.165, 1.54) is 11.1 Å². The van der Waals surface area contributed by atoms with E-state index in [4.69, 9.17) is 0 Å². The molecule has 0 amide bonds. The minimum absolute atomic E-state index is 0.596. The van der Waals surface area contributed by atoms with E-state index in [2.05, 4.69) is 68.5 Å². The molecule has 16 heavy (non-hydrogen) atoms. The molecule has 0 N–H and O–H groups in total. The van der Waals surface area contributed by atoms with Gasteiger partial charge in [-0.1, -0.05) is 74.6 Å². The van der Waals surface area contributed by atoms with Crippen LogP contribution < -0.4 is 0 Å². The molecule has 1 aromatic rings. The Morgan fingerprint density at radius 3 is 2.38 bits per heavy atom. The highest BCUT2D eigenvalue weighted by Gasteiger charge is 1.94. The molecule has 1 rings (SSSR count). The van der Waals surface area contributed by atoms with Crippen molar-refractivity contribution in [3.8, 4) is 0 Å². The van der Waals surface area contributed by atoms with Crippen LogP contribution in [-0.2, 0) is 0 Å². The largest absolute Gasteiger partial charge is 0.0870 e. The van der Waals surface area contributed by atoms with Crippen molar-refractivity contribution >= 4 is 5.57 Å². The first kappa shape index (κ1) is 12.5. The van der Waals surface area contributed by atoms with Gasteiger partial charge in [0, 0.05) is 0 Å². The average molecular weight is 212 g/mol. The van der Waals surface area contributed by atoms with E-state index >= 15 is 0 Å². The standard InChI is InChI=1S/C16H20/c1-4-9-15(13-8-10-14(2)3)16-11-6-5-7-12-16/h4-14H,1-3H3/b9-4-,10-8-,15-13+. The number of hydrogen-bond donors (Lipinski definition) is 0. The molecule has 1 aromatic carbocycles. The Labute approximate surface area is 99.0 Å². The topological polar surface area (TPSA) is 0 Å². The highest BCUT2D eigenvalue weighted by molar-refractivity contribution is 5.74. The van der Waals surface area contributed by atoms with Crippen LogP contribution in [0.1, 0.15) is 26.3 Å². The third-order valence-electron chi connectivity index (χ3n) is 2.23. The highest BCUT2D eigenvalue weighted by atomic mass is 14.0. The second kappa shape index (κ2) is 6.84. The van der Waals surface area contributed by atoms with Gasteiger partial charge in [-0.2, -0.15) is 0 Å². The number of allylic oxidation sites excluding steroid dienone is 6. The molecule has 0 atom stereocenters. The summed E-state index contributed by atoms with van der Waals surface area (Å²) in [7, 11) is 0. The molecule has 0 fully saturated rings. The predicted octanol–water partition coefficient (Wildman–Crippen LogP) is 4.86. The first-order valence-corrected chi connectivity index (χ1v) is 5.80. The molecule has 0 aliphatic carbocycles. The second-order valence-electron chi connectivity index (χ2n) is 4.12. The lowest BCUT2D eigenvalue weighted by atomic mass is 10.0. The summed E-state index contributed by atoms with van der Waals surface area (Å²) in [5, 5.41) is 0. The Hall–Kier alpha value is -1.56. The van der Waals surface area contributed by atoms with Crippen molar-refractivity contribution in [3.05, 3.63) is 66.3 Å². The van der Waals surface area contributed by atoms with Gasteiger partial charge < -0.3 is 0 Å². The van der Waals surface area contributed by atoms with Crippen molar-refractivity contribution in [2.24, 2.45) is 5.92 Å². The molecule has 0 spiro atoms. The molecule has 0 unspecified atom stereocenters. The van der Waals surface area contributed by atoms with Crippen LogP contribution in [0.4, 0.5) is 0 Å². The number of benzene rings is 1. The van der Waals surface area contributed by atoms with Crippen molar-refractivity contribution in [2.45, 2.75) is 20.8 Å². The lowest BCUT2D eigenvalue weighted by molar-refractivity contribution is 0.832. The molecule has 0 radical (unpaired) electrons. The van der Waals surface area contributed by atoms with Gasteiger partial charge in [0.2, 0.25) is 0 Å². The molecule has 0 heterocycles. The van der Waals surface area contributed by atoms with Crippen LogP contribution in [0.5, 0.6) is 0 Å². The molecule has 0 saturated carbocycles. The normalized spacial score (nSPS) is 13.1. The van der Waals surface area contributed by atoms with E-state index in [0.29, 0.717) is 5.92 Å². The van der Waals surface area contributed by atoms with Crippen LogP contribution in [0.25, 0.3) is 5.57 Å². The minimum Gasteiger partial charge on any atom is -0.0870 e. The van der Waals surface area contributed by atoms with E-state index in [9.17, 15) is 0 Å². The van der Waals surface area contributed by atoms with Gasteiger partial charge in [0.15, 0.2) is 0 Å². The molecule has 84 valence electrons. The van der Waals surface area contributed by atoms with Gasteiger partial charge in [0.05, 0.1) is 0 Å². The van der Waals surface area contributed by atoms with Gasteiger partial charge in [-0.3, -0.25) is 0 Å². The van der Waals surface area contributed by atoms with Crippen molar-refractivity contribution in [1.29, 1.82) is 0 Å². The van der Waals surface area contributed by atoms with Gasteiger partial charge in [-0.15, -0.1) is 0 Å². The molecule has 0 aromatic heterocycles. The fraction of sp³-hybridized carbons (Fsp3) is 0.250. The first-order valence-electron chi connectivity index (χ1n) is 5.80. The van der Waals surface area contributed by atoms with Crippen LogP contribution in [-0.4, -0.2) is 0 Å². The van der Waals surface area contributed by atoms with Crippen LogP contribution in [0.15, 0.2) is 60.7 Å². The quantitative estimate of drug-likeness (QED) is 0.625. The van der Waals surface area contributed by atoms with Gasteiger partial charge in [0.1, 0.15) is 0 Å². The predicted molar refractivity (Wildman–Crippen MR) is 73.2 cm³/mol. The zero-order valence-corrected chi connectivity index (χ0v) is 10.4. The SMILES string of the molecule is C\C=C/C(=C\C=C/C(C)C)c1ccccc1. The minimum atomic E-state index is 0.596. The lowest BCUT2D eigenvalue weighted by Gasteiger charge is -2.01. The van der Waals surface area contributed by atoms with Crippen molar-refractivity contribution in [2.75, 3.05) is 0 Å². The van der Waals surface area contributed by atoms with Crippen LogP contribution in [0.2, 0.25) is 0 Å². The summed E-state index contributed by atoms with van der Waals surface area (Å²) in [4.78, 5) is 0. The van der Waals surface area contributed by atoms with E-state index in [1.54, 1.807) is 0 Å². The third-order valence-corrected chi connectivity index (χ3v) is 2.23. The Morgan fingerprint density at radius 2 is 1.81 bits per heavy atom. The van der Waals surface area contributed by atoms with Gasteiger partial charge >= 0.3 is 0 Å². The second-order valence-corrected chi connectivity index (χ2v) is 4.12. The van der Waals surface area contributed by atoms with Crippen LogP contribution >= 0.6 is 0 Å². The van der Waals surface area contributed by atoms with E-state index in [1.807, 2.05) is 13.0 Å². The number of rotatable bonds is 4. The molecule has 0 aliphatic heterocycles. The molecule has 0 aliphatic rings. The molecule has 0 nitrogen and oxygen atoms in total. The van der Waals surface area contributed by atoms with Gasteiger partial charge in [-0.25, -0.2) is 0 Å². The maximum absolute atomic E-state index is 2.20. The number of hydrogen-bond acceptors (Lipinski definition) is 0. The fourth-order valence-electron chi connectivity index (χ4n) is 1.44. The zero-order chi connectivity index (χ0) is 11.8. The van der Waals surface area contributed by atoms with E-state index < -0.39 is 0 Å². The Kier molecular flexibility index (Phi) is 5.35. The van der Waals surface area contributed by atoms with E-state index in [-0.39, 0.29) is 0 Å². The smallest absolute Gasteiger partial charge is 0.0184 e. The highest BCUT2D eigenvalue weighted by Crippen LogP contribution is 2.15. The molecule has 0 bridgehead atoms.